The van der Waals surface area contributed by atoms with Gasteiger partial charge in [-0.3, -0.25) is 4.90 Å². The van der Waals surface area contributed by atoms with Gasteiger partial charge in [0.25, 0.3) is 0 Å². The molecule has 2 aromatic rings. The van der Waals surface area contributed by atoms with Crippen LogP contribution in [0.25, 0.3) is 0 Å². The minimum absolute atomic E-state index is 0.101. The van der Waals surface area contributed by atoms with Gasteiger partial charge in [0.15, 0.2) is 0 Å². The third kappa shape index (κ3) is 3.86. The zero-order chi connectivity index (χ0) is 16.9. The highest BCUT2D eigenvalue weighted by molar-refractivity contribution is 6.42. The summed E-state index contributed by atoms with van der Waals surface area (Å²) in [7, 11) is 0. The molecule has 1 saturated heterocycles. The number of halogens is 2. The third-order valence-electron chi connectivity index (χ3n) is 4.29. The van der Waals surface area contributed by atoms with E-state index in [9.17, 15) is 0 Å². The van der Waals surface area contributed by atoms with E-state index in [1.54, 1.807) is 0 Å². The Labute approximate surface area is 153 Å². The van der Waals surface area contributed by atoms with Crippen LogP contribution >= 0.6 is 23.2 Å². The Balaban J connectivity index is 2.06. The van der Waals surface area contributed by atoms with Crippen molar-refractivity contribution < 1.29 is 4.74 Å². The predicted octanol–water partition coefficient (Wildman–Crippen LogP) is 4.39. The number of rotatable bonds is 5. The molecule has 3 nitrogen and oxygen atoms in total. The number of ether oxygens (including phenoxy) is 1. The van der Waals surface area contributed by atoms with E-state index < -0.39 is 0 Å². The van der Waals surface area contributed by atoms with E-state index in [0.29, 0.717) is 16.7 Å². The summed E-state index contributed by atoms with van der Waals surface area (Å²) in [4.78, 5) is 2.47. The molecule has 5 heteroatoms. The highest BCUT2D eigenvalue weighted by Crippen LogP contribution is 2.37. The van der Waals surface area contributed by atoms with Gasteiger partial charge in [-0.2, -0.15) is 0 Å². The minimum Gasteiger partial charge on any atom is -0.494 e. The highest BCUT2D eigenvalue weighted by Gasteiger charge is 2.26. The van der Waals surface area contributed by atoms with Gasteiger partial charge in [0.2, 0.25) is 0 Å². The molecule has 3 rings (SSSR count). The van der Waals surface area contributed by atoms with Crippen LogP contribution in [0, 0.1) is 0 Å². The Bertz CT molecular complexity index is 687. The summed E-state index contributed by atoms with van der Waals surface area (Å²) in [6.07, 6.45) is 0. The number of hydrogen-bond donors (Lipinski definition) is 1. The van der Waals surface area contributed by atoms with Gasteiger partial charge >= 0.3 is 0 Å². The summed E-state index contributed by atoms with van der Waals surface area (Å²) < 4.78 is 5.88. The Morgan fingerprint density at radius 2 is 1.83 bits per heavy atom. The molecular formula is C19H22Cl2N2O. The summed E-state index contributed by atoms with van der Waals surface area (Å²) in [6.45, 7) is 6.57. The smallest absolute Gasteiger partial charge is 0.124 e. The van der Waals surface area contributed by atoms with Crippen LogP contribution in [-0.2, 0) is 0 Å². The van der Waals surface area contributed by atoms with Crippen molar-refractivity contribution in [2.75, 3.05) is 32.8 Å². The van der Waals surface area contributed by atoms with Crippen LogP contribution in [0.3, 0.4) is 0 Å². The van der Waals surface area contributed by atoms with Gasteiger partial charge in [-0.25, -0.2) is 0 Å². The first-order valence-electron chi connectivity index (χ1n) is 8.32. The second-order valence-electron chi connectivity index (χ2n) is 5.83. The molecule has 0 aromatic heterocycles. The van der Waals surface area contributed by atoms with Crippen LogP contribution in [0.4, 0.5) is 0 Å². The van der Waals surface area contributed by atoms with Crippen LogP contribution in [0.5, 0.6) is 5.75 Å². The normalized spacial score (nSPS) is 16.8. The molecule has 0 aliphatic carbocycles. The molecule has 24 heavy (non-hydrogen) atoms. The molecule has 2 aromatic carbocycles. The molecule has 1 N–H and O–H groups in total. The fourth-order valence-electron chi connectivity index (χ4n) is 3.20. The molecular weight excluding hydrogens is 343 g/mol. The van der Waals surface area contributed by atoms with Gasteiger partial charge in [0, 0.05) is 31.7 Å². The van der Waals surface area contributed by atoms with Gasteiger partial charge in [0.1, 0.15) is 5.75 Å². The maximum Gasteiger partial charge on any atom is 0.124 e. The predicted molar refractivity (Wildman–Crippen MR) is 100 cm³/mol. The Morgan fingerprint density at radius 1 is 1.08 bits per heavy atom. The van der Waals surface area contributed by atoms with Gasteiger partial charge in [-0.15, -0.1) is 0 Å². The third-order valence-corrected chi connectivity index (χ3v) is 5.03. The lowest BCUT2D eigenvalue weighted by atomic mass is 9.95. The number of hydrogen-bond acceptors (Lipinski definition) is 3. The number of benzene rings is 2. The van der Waals surface area contributed by atoms with Crippen molar-refractivity contribution >= 4 is 23.2 Å². The molecule has 1 fully saturated rings. The van der Waals surface area contributed by atoms with Crippen LogP contribution in [0.15, 0.2) is 42.5 Å². The van der Waals surface area contributed by atoms with Gasteiger partial charge in [-0.1, -0.05) is 47.5 Å². The number of para-hydroxylation sites is 1. The number of nitrogens with one attached hydrogen (secondary N) is 1. The molecule has 0 radical (unpaired) electrons. The lowest BCUT2D eigenvalue weighted by Crippen LogP contribution is -2.45. The zero-order valence-corrected chi connectivity index (χ0v) is 15.3. The highest BCUT2D eigenvalue weighted by atomic mass is 35.5. The molecule has 1 aliphatic heterocycles. The Hall–Kier alpha value is -1.26. The molecule has 1 aliphatic rings. The number of piperazine rings is 1. The second-order valence-corrected chi connectivity index (χ2v) is 6.65. The van der Waals surface area contributed by atoms with Crippen LogP contribution in [0.1, 0.15) is 24.1 Å². The lowest BCUT2D eigenvalue weighted by Gasteiger charge is -2.36. The van der Waals surface area contributed by atoms with Crippen LogP contribution < -0.4 is 10.1 Å². The molecule has 128 valence electrons. The first-order chi connectivity index (χ1) is 11.7. The molecule has 1 unspecified atom stereocenters. The van der Waals surface area contributed by atoms with Crippen molar-refractivity contribution in [3.63, 3.8) is 0 Å². The maximum absolute atomic E-state index is 6.29. The topological polar surface area (TPSA) is 24.5 Å². The summed E-state index contributed by atoms with van der Waals surface area (Å²) >= 11 is 12.4. The van der Waals surface area contributed by atoms with Crippen LogP contribution in [0.2, 0.25) is 10.0 Å². The van der Waals surface area contributed by atoms with E-state index in [4.69, 9.17) is 27.9 Å². The summed E-state index contributed by atoms with van der Waals surface area (Å²) in [5.74, 6) is 0.926. The van der Waals surface area contributed by atoms with E-state index in [1.165, 1.54) is 5.56 Å². The molecule has 0 spiro atoms. The van der Waals surface area contributed by atoms with E-state index in [1.807, 2.05) is 31.2 Å². The van der Waals surface area contributed by atoms with E-state index in [0.717, 1.165) is 37.5 Å². The standard InChI is InChI=1S/C19H22Cl2N2O/c1-2-24-18-6-4-3-5-15(18)19(23-11-9-22-10-12-23)14-7-8-16(20)17(21)13-14/h3-8,13,19,22H,2,9-12H2,1H3. The fraction of sp³-hybridized carbons (Fsp3) is 0.368. The van der Waals surface area contributed by atoms with Crippen molar-refractivity contribution in [2.45, 2.75) is 13.0 Å². The number of nitrogens with zero attached hydrogens (tertiary/aromatic N) is 1. The first-order valence-corrected chi connectivity index (χ1v) is 9.07. The molecule has 0 bridgehead atoms. The second kappa shape index (κ2) is 8.21. The molecule has 0 amide bonds. The van der Waals surface area contributed by atoms with Crippen molar-refractivity contribution in [1.82, 2.24) is 10.2 Å². The molecule has 0 saturated carbocycles. The van der Waals surface area contributed by atoms with E-state index >= 15 is 0 Å². The largest absolute Gasteiger partial charge is 0.494 e. The van der Waals surface area contributed by atoms with Crippen molar-refractivity contribution in [3.8, 4) is 5.75 Å². The summed E-state index contributed by atoms with van der Waals surface area (Å²) in [6, 6.07) is 14.2. The summed E-state index contributed by atoms with van der Waals surface area (Å²) in [5.41, 5.74) is 2.30. The van der Waals surface area contributed by atoms with E-state index in [-0.39, 0.29) is 6.04 Å². The summed E-state index contributed by atoms with van der Waals surface area (Å²) in [5, 5.41) is 4.58. The monoisotopic (exact) mass is 364 g/mol. The van der Waals surface area contributed by atoms with Crippen molar-refractivity contribution in [1.29, 1.82) is 0 Å². The molecule has 1 heterocycles. The lowest BCUT2D eigenvalue weighted by molar-refractivity contribution is 0.194. The maximum atomic E-state index is 6.29. The Morgan fingerprint density at radius 3 is 2.54 bits per heavy atom. The van der Waals surface area contributed by atoms with Crippen molar-refractivity contribution in [3.05, 3.63) is 63.6 Å². The average molecular weight is 365 g/mol. The minimum atomic E-state index is 0.101. The van der Waals surface area contributed by atoms with Crippen LogP contribution in [-0.4, -0.2) is 37.7 Å². The van der Waals surface area contributed by atoms with Gasteiger partial charge in [0.05, 0.1) is 22.7 Å². The Kier molecular flexibility index (Phi) is 6.01. The average Bonchev–Trinajstić information content (AvgIpc) is 2.61. The fourth-order valence-corrected chi connectivity index (χ4v) is 3.51. The molecule has 1 atom stereocenters. The van der Waals surface area contributed by atoms with Crippen molar-refractivity contribution in [2.24, 2.45) is 0 Å². The first kappa shape index (κ1) is 17.6. The SMILES string of the molecule is CCOc1ccccc1C(c1ccc(Cl)c(Cl)c1)N1CCNCC1. The zero-order valence-electron chi connectivity index (χ0n) is 13.8. The quantitative estimate of drug-likeness (QED) is 0.851. The van der Waals surface area contributed by atoms with Gasteiger partial charge < -0.3 is 10.1 Å². The van der Waals surface area contributed by atoms with Gasteiger partial charge in [-0.05, 0) is 30.7 Å². The van der Waals surface area contributed by atoms with E-state index in [2.05, 4.69) is 28.4 Å².